The quantitative estimate of drug-likeness (QED) is 0.364. The Balaban J connectivity index is 1.96. The monoisotopic (exact) mass is 381 g/mol. The van der Waals surface area contributed by atoms with Crippen molar-refractivity contribution in [3.8, 4) is 11.6 Å². The molecular weight excluding hydrogens is 366 g/mol. The SMILES string of the molecule is Cc1ccccc1-n1c(O)c(C=NNC(=O)c2ccncc2)c(=O)[nH]c1=S. The van der Waals surface area contributed by atoms with Crippen LogP contribution in [0.25, 0.3) is 5.69 Å². The van der Waals surface area contributed by atoms with Gasteiger partial charge < -0.3 is 5.11 Å². The minimum absolute atomic E-state index is 0.0461. The highest BCUT2D eigenvalue weighted by Gasteiger charge is 2.14. The molecular formula is C18H15N5O3S. The average Bonchev–Trinajstić information content (AvgIpc) is 2.66. The number of pyridine rings is 1. The van der Waals surface area contributed by atoms with Crippen molar-refractivity contribution in [2.24, 2.45) is 5.10 Å². The summed E-state index contributed by atoms with van der Waals surface area (Å²) in [6, 6.07) is 10.3. The second-order valence-corrected chi connectivity index (χ2v) is 5.94. The predicted octanol–water partition coefficient (Wildman–Crippen LogP) is 2.07. The van der Waals surface area contributed by atoms with Gasteiger partial charge in [-0.1, -0.05) is 18.2 Å². The summed E-state index contributed by atoms with van der Waals surface area (Å²) in [6.45, 7) is 1.85. The van der Waals surface area contributed by atoms with Crippen LogP contribution >= 0.6 is 12.2 Å². The molecule has 0 aliphatic rings. The Bertz CT molecular complexity index is 1140. The molecule has 0 unspecified atom stereocenters. The zero-order valence-electron chi connectivity index (χ0n) is 14.2. The summed E-state index contributed by atoms with van der Waals surface area (Å²) < 4.78 is 1.38. The molecule has 0 spiro atoms. The van der Waals surface area contributed by atoms with Crippen molar-refractivity contribution in [1.29, 1.82) is 0 Å². The van der Waals surface area contributed by atoms with Crippen molar-refractivity contribution >= 4 is 24.3 Å². The number of amides is 1. The number of aromatic nitrogens is 3. The number of aromatic amines is 1. The summed E-state index contributed by atoms with van der Waals surface area (Å²) in [7, 11) is 0. The normalized spacial score (nSPS) is 10.9. The fourth-order valence-corrected chi connectivity index (χ4v) is 2.69. The van der Waals surface area contributed by atoms with Gasteiger partial charge >= 0.3 is 0 Å². The minimum Gasteiger partial charge on any atom is -0.494 e. The molecule has 1 aromatic carbocycles. The molecule has 3 rings (SSSR count). The summed E-state index contributed by atoms with van der Waals surface area (Å²) >= 11 is 5.17. The molecule has 0 atom stereocenters. The van der Waals surface area contributed by atoms with E-state index in [1.165, 1.54) is 29.1 Å². The van der Waals surface area contributed by atoms with Crippen LogP contribution in [0.15, 0.2) is 58.7 Å². The van der Waals surface area contributed by atoms with Crippen LogP contribution in [-0.4, -0.2) is 31.8 Å². The fourth-order valence-electron chi connectivity index (χ4n) is 2.42. The van der Waals surface area contributed by atoms with Gasteiger partial charge in [-0.25, -0.2) is 5.43 Å². The van der Waals surface area contributed by atoms with Crippen molar-refractivity contribution in [3.63, 3.8) is 0 Å². The first-order valence-electron chi connectivity index (χ1n) is 7.87. The lowest BCUT2D eigenvalue weighted by molar-refractivity contribution is 0.0955. The maximum atomic E-state index is 12.2. The van der Waals surface area contributed by atoms with Crippen LogP contribution in [0.2, 0.25) is 0 Å². The van der Waals surface area contributed by atoms with Crippen molar-refractivity contribution in [1.82, 2.24) is 20.0 Å². The van der Waals surface area contributed by atoms with Crippen molar-refractivity contribution < 1.29 is 9.90 Å². The summed E-state index contributed by atoms with van der Waals surface area (Å²) in [5.74, 6) is -0.851. The van der Waals surface area contributed by atoms with Gasteiger partial charge in [0, 0.05) is 18.0 Å². The molecule has 0 saturated heterocycles. The molecule has 0 aliphatic heterocycles. The molecule has 3 aromatic rings. The number of nitrogens with one attached hydrogen (secondary N) is 2. The van der Waals surface area contributed by atoms with Crippen LogP contribution in [0.3, 0.4) is 0 Å². The van der Waals surface area contributed by atoms with E-state index in [0.29, 0.717) is 11.3 Å². The number of aryl methyl sites for hydroxylation is 1. The molecule has 136 valence electrons. The molecule has 0 aliphatic carbocycles. The molecule has 8 nitrogen and oxygen atoms in total. The summed E-state index contributed by atoms with van der Waals surface area (Å²) in [5.41, 5.74) is 3.36. The third kappa shape index (κ3) is 3.82. The summed E-state index contributed by atoms with van der Waals surface area (Å²) in [4.78, 5) is 30.5. The number of carbonyl (C=O) groups is 1. The number of hydrogen-bond acceptors (Lipinski definition) is 6. The number of hydrazone groups is 1. The maximum absolute atomic E-state index is 12.2. The highest BCUT2D eigenvalue weighted by Crippen LogP contribution is 2.21. The fraction of sp³-hybridized carbons (Fsp3) is 0.0556. The lowest BCUT2D eigenvalue weighted by Crippen LogP contribution is -2.21. The van der Waals surface area contributed by atoms with Gasteiger partial charge in [0.1, 0.15) is 5.56 Å². The zero-order chi connectivity index (χ0) is 19.4. The van der Waals surface area contributed by atoms with Gasteiger partial charge in [-0.15, -0.1) is 0 Å². The minimum atomic E-state index is -0.621. The smallest absolute Gasteiger partial charge is 0.271 e. The number of nitrogens with zero attached hydrogens (tertiary/aromatic N) is 3. The molecule has 0 saturated carbocycles. The van der Waals surface area contributed by atoms with Crippen molar-refractivity contribution in [2.75, 3.05) is 0 Å². The zero-order valence-corrected chi connectivity index (χ0v) is 15.0. The summed E-state index contributed by atoms with van der Waals surface area (Å²) in [5, 5.41) is 14.3. The van der Waals surface area contributed by atoms with Crippen molar-refractivity contribution in [2.45, 2.75) is 6.92 Å². The molecule has 2 heterocycles. The van der Waals surface area contributed by atoms with E-state index in [9.17, 15) is 14.7 Å². The molecule has 27 heavy (non-hydrogen) atoms. The summed E-state index contributed by atoms with van der Waals surface area (Å²) in [6.07, 6.45) is 4.02. The lowest BCUT2D eigenvalue weighted by atomic mass is 10.2. The Labute approximate surface area is 158 Å². The first-order valence-corrected chi connectivity index (χ1v) is 8.27. The molecule has 9 heteroatoms. The van der Waals surface area contributed by atoms with Gasteiger partial charge in [-0.05, 0) is 42.9 Å². The van der Waals surface area contributed by atoms with E-state index < -0.39 is 11.5 Å². The molecule has 3 N–H and O–H groups in total. The Morgan fingerprint density at radius 3 is 2.70 bits per heavy atom. The van der Waals surface area contributed by atoms with E-state index in [0.717, 1.165) is 11.8 Å². The standard InChI is InChI=1S/C18H15N5O3S/c1-11-4-2-3-5-14(11)23-17(26)13(16(25)21-18(23)27)10-20-22-15(24)12-6-8-19-9-7-12/h2-10,26H,1H3,(H,22,24)(H,21,25,27). The van der Waals surface area contributed by atoms with Crippen LogP contribution in [0.1, 0.15) is 21.5 Å². The molecule has 1 amide bonds. The Morgan fingerprint density at radius 1 is 1.30 bits per heavy atom. The van der Waals surface area contributed by atoms with E-state index in [4.69, 9.17) is 12.2 Å². The van der Waals surface area contributed by atoms with Crippen LogP contribution in [0, 0.1) is 11.7 Å². The molecule has 0 bridgehead atoms. The number of aromatic hydroxyl groups is 1. The molecule has 2 aromatic heterocycles. The van der Waals surface area contributed by atoms with E-state index in [2.05, 4.69) is 20.5 Å². The maximum Gasteiger partial charge on any atom is 0.271 e. The topological polar surface area (TPSA) is 112 Å². The number of para-hydroxylation sites is 1. The number of H-pyrrole nitrogens is 1. The van der Waals surface area contributed by atoms with E-state index in [1.54, 1.807) is 12.1 Å². The first kappa shape index (κ1) is 18.2. The Hall–Kier alpha value is -3.59. The largest absolute Gasteiger partial charge is 0.494 e. The van der Waals surface area contributed by atoms with Gasteiger partial charge in [-0.3, -0.25) is 24.1 Å². The Morgan fingerprint density at radius 2 is 2.00 bits per heavy atom. The van der Waals surface area contributed by atoms with E-state index in [-0.39, 0.29) is 16.2 Å². The highest BCUT2D eigenvalue weighted by molar-refractivity contribution is 7.71. The van der Waals surface area contributed by atoms with Crippen LogP contribution < -0.4 is 11.0 Å². The first-order chi connectivity index (χ1) is 13.0. The number of rotatable bonds is 4. The van der Waals surface area contributed by atoms with E-state index >= 15 is 0 Å². The second-order valence-electron chi connectivity index (χ2n) is 5.55. The number of hydrogen-bond donors (Lipinski definition) is 3. The third-order valence-electron chi connectivity index (χ3n) is 3.78. The van der Waals surface area contributed by atoms with Gasteiger partial charge in [0.15, 0.2) is 4.77 Å². The van der Waals surface area contributed by atoms with Gasteiger partial charge in [0.2, 0.25) is 5.88 Å². The Kier molecular flexibility index (Phi) is 5.23. The third-order valence-corrected chi connectivity index (χ3v) is 4.06. The molecule has 0 radical (unpaired) electrons. The molecule has 0 fully saturated rings. The van der Waals surface area contributed by atoms with Crippen molar-refractivity contribution in [3.05, 3.63) is 80.6 Å². The lowest BCUT2D eigenvalue weighted by Gasteiger charge is -2.13. The predicted molar refractivity (Wildman–Crippen MR) is 103 cm³/mol. The highest BCUT2D eigenvalue weighted by atomic mass is 32.1. The van der Waals surface area contributed by atoms with Gasteiger partial charge in [0.25, 0.3) is 11.5 Å². The van der Waals surface area contributed by atoms with E-state index in [1.807, 2.05) is 19.1 Å². The number of benzene rings is 1. The van der Waals surface area contributed by atoms with Crippen LogP contribution in [0.4, 0.5) is 0 Å². The van der Waals surface area contributed by atoms with Crippen LogP contribution in [-0.2, 0) is 0 Å². The second kappa shape index (κ2) is 7.75. The number of carbonyl (C=O) groups excluding carboxylic acids is 1. The van der Waals surface area contributed by atoms with Gasteiger partial charge in [-0.2, -0.15) is 5.10 Å². The van der Waals surface area contributed by atoms with Gasteiger partial charge in [0.05, 0.1) is 11.9 Å². The average molecular weight is 381 g/mol. The van der Waals surface area contributed by atoms with Crippen LogP contribution in [0.5, 0.6) is 5.88 Å².